The van der Waals surface area contributed by atoms with Gasteiger partial charge in [0.25, 0.3) is 0 Å². The molecule has 1 aromatic rings. The molecule has 0 spiro atoms. The third kappa shape index (κ3) is 9.30. The summed E-state index contributed by atoms with van der Waals surface area (Å²) in [7, 11) is -1.21. The van der Waals surface area contributed by atoms with Gasteiger partial charge in [0.1, 0.15) is 9.84 Å². The number of rotatable bonds is 6. The number of hydrogen-bond acceptors (Lipinski definition) is 4. The van der Waals surface area contributed by atoms with Gasteiger partial charge in [-0.25, -0.2) is 8.42 Å². The minimum atomic E-state index is -2.91. The largest absolute Gasteiger partial charge is 0.354 e. The Morgan fingerprint density at radius 2 is 2.10 bits per heavy atom. The lowest BCUT2D eigenvalue weighted by atomic mass is 10.3. The number of nitrogens with one attached hydrogen (secondary N) is 2. The predicted molar refractivity (Wildman–Crippen MR) is 102 cm³/mol. The van der Waals surface area contributed by atoms with Crippen molar-refractivity contribution in [3.05, 3.63) is 21.9 Å². The summed E-state index contributed by atoms with van der Waals surface area (Å²) in [5, 5.41) is 6.42. The first-order valence-electron chi connectivity index (χ1n) is 6.50. The molecule has 1 aromatic heterocycles. The van der Waals surface area contributed by atoms with E-state index in [0.29, 0.717) is 12.4 Å². The molecule has 0 amide bonds. The maximum atomic E-state index is 11.1. The van der Waals surface area contributed by atoms with Crippen molar-refractivity contribution in [1.82, 2.24) is 10.6 Å². The first kappa shape index (κ1) is 20.6. The predicted octanol–water partition coefficient (Wildman–Crippen LogP) is 2.16. The summed E-state index contributed by atoms with van der Waals surface area (Å²) in [5.41, 5.74) is 0. The molecule has 0 fully saturated rings. The van der Waals surface area contributed by atoms with E-state index in [0.717, 1.165) is 6.54 Å². The number of guanidine groups is 1. The lowest BCUT2D eigenvalue weighted by Crippen LogP contribution is -2.42. The lowest BCUT2D eigenvalue weighted by Gasteiger charge is -2.17. The molecule has 0 bridgehead atoms. The minimum Gasteiger partial charge on any atom is -0.354 e. The molecule has 0 aliphatic carbocycles. The van der Waals surface area contributed by atoms with E-state index in [9.17, 15) is 8.42 Å². The van der Waals surface area contributed by atoms with E-state index in [2.05, 4.69) is 34.7 Å². The Morgan fingerprint density at radius 3 is 2.57 bits per heavy atom. The molecular formula is C13H24IN3O2S2. The van der Waals surface area contributed by atoms with Crippen LogP contribution in [0.4, 0.5) is 0 Å². The van der Waals surface area contributed by atoms with Gasteiger partial charge < -0.3 is 10.6 Å². The zero-order valence-corrected chi connectivity index (χ0v) is 16.8. The molecule has 122 valence electrons. The summed E-state index contributed by atoms with van der Waals surface area (Å²) < 4.78 is 22.3. The monoisotopic (exact) mass is 445 g/mol. The second kappa shape index (κ2) is 9.62. The summed E-state index contributed by atoms with van der Waals surface area (Å²) in [6.07, 6.45) is 1.82. The summed E-state index contributed by atoms with van der Waals surface area (Å²) in [4.78, 5) is 6.67. The van der Waals surface area contributed by atoms with Crippen LogP contribution in [-0.4, -0.2) is 39.5 Å². The highest BCUT2D eigenvalue weighted by atomic mass is 127. The average Bonchev–Trinajstić information content (AvgIpc) is 2.77. The fraction of sp³-hybridized carbons (Fsp3) is 0.615. The second-order valence-corrected chi connectivity index (χ2v) is 8.53. The zero-order valence-electron chi connectivity index (χ0n) is 12.8. The number of hydrogen-bond donors (Lipinski definition) is 2. The highest BCUT2D eigenvalue weighted by Gasteiger charge is 2.09. The Morgan fingerprint density at radius 1 is 1.43 bits per heavy atom. The summed E-state index contributed by atoms with van der Waals surface area (Å²) in [6, 6.07) is 4.24. The molecule has 1 heterocycles. The third-order valence-corrected chi connectivity index (χ3v) is 4.73. The van der Waals surface area contributed by atoms with Crippen LogP contribution in [0.5, 0.6) is 0 Å². The topological polar surface area (TPSA) is 70.6 Å². The highest BCUT2D eigenvalue weighted by molar-refractivity contribution is 14.0. The maximum Gasteiger partial charge on any atom is 0.191 e. The van der Waals surface area contributed by atoms with Gasteiger partial charge in [-0.2, -0.15) is 0 Å². The van der Waals surface area contributed by atoms with Gasteiger partial charge in [0, 0.05) is 29.1 Å². The number of nitrogens with zero attached hydrogens (tertiary/aromatic N) is 1. The van der Waals surface area contributed by atoms with Crippen molar-refractivity contribution in [2.75, 3.05) is 19.1 Å². The Hall–Kier alpha value is -0.350. The normalized spacial score (nSPS) is 13.4. The lowest BCUT2D eigenvalue weighted by molar-refractivity contribution is 0.581. The number of halogens is 1. The molecule has 0 radical (unpaired) electrons. The number of thiophene rings is 1. The van der Waals surface area contributed by atoms with E-state index < -0.39 is 9.84 Å². The number of aryl methyl sites for hydroxylation is 1. The van der Waals surface area contributed by atoms with Crippen molar-refractivity contribution in [3.8, 4) is 0 Å². The van der Waals surface area contributed by atoms with E-state index >= 15 is 0 Å². The molecule has 0 aromatic carbocycles. The van der Waals surface area contributed by atoms with E-state index in [1.807, 2.05) is 6.92 Å². The van der Waals surface area contributed by atoms with Gasteiger partial charge in [-0.15, -0.1) is 35.3 Å². The SMILES string of the molecule is CN=C(NCc1ccc(C)s1)NC(C)CCS(C)(=O)=O.I. The quantitative estimate of drug-likeness (QED) is 0.400. The molecule has 1 atom stereocenters. The smallest absolute Gasteiger partial charge is 0.191 e. The van der Waals surface area contributed by atoms with E-state index in [4.69, 9.17) is 0 Å². The summed E-state index contributed by atoms with van der Waals surface area (Å²) in [5.74, 6) is 0.875. The first-order chi connectivity index (χ1) is 9.30. The van der Waals surface area contributed by atoms with Gasteiger partial charge in [0.2, 0.25) is 0 Å². The zero-order chi connectivity index (χ0) is 15.2. The first-order valence-corrected chi connectivity index (χ1v) is 9.38. The van der Waals surface area contributed by atoms with Crippen LogP contribution < -0.4 is 10.6 Å². The van der Waals surface area contributed by atoms with Crippen LogP contribution in [0.25, 0.3) is 0 Å². The van der Waals surface area contributed by atoms with Gasteiger partial charge in [0.05, 0.1) is 12.3 Å². The van der Waals surface area contributed by atoms with Gasteiger partial charge in [-0.3, -0.25) is 4.99 Å². The van der Waals surface area contributed by atoms with Crippen molar-refractivity contribution in [2.45, 2.75) is 32.9 Å². The number of sulfone groups is 1. The molecule has 0 saturated heterocycles. The van der Waals surface area contributed by atoms with Crippen LogP contribution in [0.2, 0.25) is 0 Å². The van der Waals surface area contributed by atoms with Crippen molar-refractivity contribution < 1.29 is 8.42 Å². The van der Waals surface area contributed by atoms with E-state index in [-0.39, 0.29) is 35.8 Å². The fourth-order valence-corrected chi connectivity index (χ4v) is 3.25. The molecule has 21 heavy (non-hydrogen) atoms. The second-order valence-electron chi connectivity index (χ2n) is 4.90. The molecule has 0 aliphatic rings. The van der Waals surface area contributed by atoms with Gasteiger partial charge in [-0.1, -0.05) is 0 Å². The Bertz CT molecular complexity index is 556. The van der Waals surface area contributed by atoms with Crippen LogP contribution in [0.1, 0.15) is 23.1 Å². The van der Waals surface area contributed by atoms with E-state index in [1.165, 1.54) is 16.0 Å². The van der Waals surface area contributed by atoms with Crippen molar-refractivity contribution in [1.29, 1.82) is 0 Å². The van der Waals surface area contributed by atoms with Gasteiger partial charge >= 0.3 is 0 Å². The van der Waals surface area contributed by atoms with Crippen LogP contribution in [0.15, 0.2) is 17.1 Å². The molecule has 5 nitrogen and oxygen atoms in total. The molecule has 1 unspecified atom stereocenters. The Labute approximate surface area is 148 Å². The van der Waals surface area contributed by atoms with Crippen molar-refractivity contribution in [2.24, 2.45) is 4.99 Å². The molecule has 0 saturated carbocycles. The van der Waals surface area contributed by atoms with Gasteiger partial charge in [0.15, 0.2) is 5.96 Å². The fourth-order valence-electron chi connectivity index (χ4n) is 1.64. The summed E-state index contributed by atoms with van der Waals surface area (Å²) in [6.45, 7) is 4.75. The highest BCUT2D eigenvalue weighted by Crippen LogP contribution is 2.14. The van der Waals surface area contributed by atoms with Crippen LogP contribution in [0, 0.1) is 6.92 Å². The molecule has 0 aliphatic heterocycles. The Balaban J connectivity index is 0.00000400. The average molecular weight is 445 g/mol. The van der Waals surface area contributed by atoms with E-state index in [1.54, 1.807) is 18.4 Å². The van der Waals surface area contributed by atoms with Crippen LogP contribution in [-0.2, 0) is 16.4 Å². The van der Waals surface area contributed by atoms with Crippen LogP contribution >= 0.6 is 35.3 Å². The third-order valence-electron chi connectivity index (χ3n) is 2.75. The molecule has 8 heteroatoms. The summed E-state index contributed by atoms with van der Waals surface area (Å²) >= 11 is 1.75. The Kier molecular flexibility index (Phi) is 9.46. The molecule has 2 N–H and O–H groups in total. The van der Waals surface area contributed by atoms with Crippen LogP contribution in [0.3, 0.4) is 0 Å². The number of aliphatic imine (C=N–C) groups is 1. The molecular weight excluding hydrogens is 421 g/mol. The molecule has 1 rings (SSSR count). The van der Waals surface area contributed by atoms with Crippen molar-refractivity contribution in [3.63, 3.8) is 0 Å². The maximum absolute atomic E-state index is 11.1. The van der Waals surface area contributed by atoms with Crippen molar-refractivity contribution >= 4 is 51.1 Å². The standard InChI is InChI=1S/C13H23N3O2S2.HI/c1-10(7-8-20(4,17)18)16-13(14-3)15-9-12-6-5-11(2)19-12;/h5-6,10H,7-9H2,1-4H3,(H2,14,15,16);1H. The minimum absolute atomic E-state index is 0. The van der Waals surface area contributed by atoms with Gasteiger partial charge in [-0.05, 0) is 32.4 Å².